The number of β-amino-alcohol motifs (C(OH)–C–C–N with tert-alkyl or cyclic N) is 1. The van der Waals surface area contributed by atoms with Crippen molar-refractivity contribution in [3.05, 3.63) is 53.2 Å². The zero-order valence-corrected chi connectivity index (χ0v) is 16.7. The van der Waals surface area contributed by atoms with Crippen LogP contribution in [0.1, 0.15) is 11.3 Å². The van der Waals surface area contributed by atoms with Crippen LogP contribution in [0.3, 0.4) is 0 Å². The fourth-order valence-electron chi connectivity index (χ4n) is 3.49. The average Bonchev–Trinajstić information content (AvgIpc) is 3.26. The molecule has 5 nitrogen and oxygen atoms in total. The number of nitrogens with zero attached hydrogens (tertiary/aromatic N) is 3. The van der Waals surface area contributed by atoms with Crippen LogP contribution in [0.15, 0.2) is 46.2 Å². The first-order valence-electron chi connectivity index (χ1n) is 8.93. The molecular weight excluding hydrogens is 378 g/mol. The SMILES string of the molecule is Cc1csc(SCC(=O)N2C[C@@H](Cc3ccnc4ccccc34)[C@@H](O)C2)n1. The monoisotopic (exact) mass is 399 g/mol. The van der Waals surface area contributed by atoms with Crippen LogP contribution < -0.4 is 0 Å². The fourth-order valence-corrected chi connectivity index (χ4v) is 5.24. The fraction of sp³-hybridized carbons (Fsp3) is 0.350. The van der Waals surface area contributed by atoms with Crippen molar-refractivity contribution >= 4 is 39.9 Å². The van der Waals surface area contributed by atoms with Gasteiger partial charge in [0.05, 0.1) is 17.4 Å². The van der Waals surface area contributed by atoms with Crippen molar-refractivity contribution < 1.29 is 9.90 Å². The van der Waals surface area contributed by atoms with E-state index >= 15 is 0 Å². The summed E-state index contributed by atoms with van der Waals surface area (Å²) in [5.41, 5.74) is 3.12. The summed E-state index contributed by atoms with van der Waals surface area (Å²) in [7, 11) is 0. The highest BCUT2D eigenvalue weighted by atomic mass is 32.2. The number of pyridine rings is 1. The number of hydrogen-bond acceptors (Lipinski definition) is 6. The zero-order chi connectivity index (χ0) is 18.8. The average molecular weight is 400 g/mol. The van der Waals surface area contributed by atoms with Gasteiger partial charge in [0.25, 0.3) is 0 Å². The molecule has 1 fully saturated rings. The number of amides is 1. The second-order valence-corrected chi connectivity index (χ2v) is 8.94. The molecule has 0 saturated carbocycles. The number of aliphatic hydroxyl groups excluding tert-OH is 1. The first kappa shape index (κ1) is 18.4. The molecule has 7 heteroatoms. The van der Waals surface area contributed by atoms with Crippen LogP contribution in [0.25, 0.3) is 10.9 Å². The molecule has 1 aliphatic heterocycles. The number of hydrogen-bond donors (Lipinski definition) is 1. The van der Waals surface area contributed by atoms with Crippen molar-refractivity contribution in [1.82, 2.24) is 14.9 Å². The second-order valence-electron chi connectivity index (χ2n) is 6.86. The van der Waals surface area contributed by atoms with Gasteiger partial charge in [-0.05, 0) is 31.0 Å². The third-order valence-corrected chi connectivity index (χ3v) is 7.02. The van der Waals surface area contributed by atoms with Gasteiger partial charge in [-0.3, -0.25) is 9.78 Å². The van der Waals surface area contributed by atoms with Crippen LogP contribution in [0.5, 0.6) is 0 Å². The lowest BCUT2D eigenvalue weighted by molar-refractivity contribution is -0.127. The predicted molar refractivity (Wildman–Crippen MR) is 109 cm³/mol. The Balaban J connectivity index is 1.39. The van der Waals surface area contributed by atoms with Crippen molar-refractivity contribution in [2.45, 2.75) is 23.8 Å². The van der Waals surface area contributed by atoms with Gasteiger partial charge in [0.2, 0.25) is 5.91 Å². The summed E-state index contributed by atoms with van der Waals surface area (Å²) in [6, 6.07) is 10.1. The standard InChI is InChI=1S/C20H21N3O2S2/c1-13-11-26-20(22-13)27-12-19(25)23-9-15(18(24)10-23)8-14-6-7-21-17-5-3-2-4-16(14)17/h2-7,11,15,18,24H,8-10,12H2,1H3/t15-,18+/m1/s1. The van der Waals surface area contributed by atoms with E-state index in [-0.39, 0.29) is 11.8 Å². The lowest BCUT2D eigenvalue weighted by Crippen LogP contribution is -2.31. The molecule has 0 spiro atoms. The van der Waals surface area contributed by atoms with Gasteiger partial charge in [0.1, 0.15) is 0 Å². The minimum absolute atomic E-state index is 0.0480. The first-order valence-corrected chi connectivity index (χ1v) is 10.8. The lowest BCUT2D eigenvalue weighted by atomic mass is 9.94. The highest BCUT2D eigenvalue weighted by molar-refractivity contribution is 8.01. The van der Waals surface area contributed by atoms with Crippen LogP contribution in [-0.2, 0) is 11.2 Å². The van der Waals surface area contributed by atoms with E-state index < -0.39 is 6.10 Å². The number of benzene rings is 1. The van der Waals surface area contributed by atoms with Gasteiger partial charge in [0.15, 0.2) is 4.34 Å². The van der Waals surface area contributed by atoms with Gasteiger partial charge < -0.3 is 10.0 Å². The quantitative estimate of drug-likeness (QED) is 0.668. The molecule has 0 bridgehead atoms. The minimum atomic E-state index is -0.493. The molecule has 0 unspecified atom stereocenters. The summed E-state index contributed by atoms with van der Waals surface area (Å²) < 4.78 is 0.917. The number of thioether (sulfide) groups is 1. The van der Waals surface area contributed by atoms with Gasteiger partial charge in [-0.15, -0.1) is 11.3 Å². The van der Waals surface area contributed by atoms with Gasteiger partial charge in [-0.25, -0.2) is 4.98 Å². The normalized spacial score (nSPS) is 19.7. The maximum absolute atomic E-state index is 12.5. The van der Waals surface area contributed by atoms with E-state index in [0.29, 0.717) is 18.8 Å². The number of fused-ring (bicyclic) bond motifs is 1. The van der Waals surface area contributed by atoms with Crippen LogP contribution in [0.4, 0.5) is 0 Å². The van der Waals surface area contributed by atoms with E-state index in [2.05, 4.69) is 16.0 Å². The minimum Gasteiger partial charge on any atom is -0.391 e. The predicted octanol–water partition coefficient (Wildman–Crippen LogP) is 3.15. The Bertz CT molecular complexity index is 954. The molecule has 3 heterocycles. The number of para-hydroxylation sites is 1. The Morgan fingerprint density at radius 2 is 2.19 bits per heavy atom. The summed E-state index contributed by atoms with van der Waals surface area (Å²) in [6.45, 7) is 2.95. The maximum atomic E-state index is 12.5. The highest BCUT2D eigenvalue weighted by Gasteiger charge is 2.34. The molecule has 1 amide bonds. The summed E-state index contributed by atoms with van der Waals surface area (Å²) in [4.78, 5) is 23.1. The number of rotatable bonds is 5. The van der Waals surface area contributed by atoms with Crippen LogP contribution >= 0.6 is 23.1 Å². The van der Waals surface area contributed by atoms with E-state index in [1.165, 1.54) is 17.3 Å². The Hall–Kier alpha value is -1.96. The van der Waals surface area contributed by atoms with E-state index in [1.54, 1.807) is 16.2 Å². The molecule has 1 aromatic carbocycles. The number of aromatic nitrogens is 2. The third kappa shape index (κ3) is 4.15. The maximum Gasteiger partial charge on any atom is 0.233 e. The van der Waals surface area contributed by atoms with Crippen molar-refractivity contribution in [2.75, 3.05) is 18.8 Å². The van der Waals surface area contributed by atoms with Gasteiger partial charge in [-0.2, -0.15) is 0 Å². The van der Waals surface area contributed by atoms with Gasteiger partial charge >= 0.3 is 0 Å². The molecular formula is C20H21N3O2S2. The number of thiazole rings is 1. The Labute approximate surface area is 166 Å². The number of aryl methyl sites for hydroxylation is 1. The molecule has 0 radical (unpaired) electrons. The topological polar surface area (TPSA) is 66.3 Å². The molecule has 3 aromatic rings. The summed E-state index contributed by atoms with van der Waals surface area (Å²) in [5.74, 6) is 0.478. The molecule has 1 aliphatic rings. The lowest BCUT2D eigenvalue weighted by Gasteiger charge is -2.16. The van der Waals surface area contributed by atoms with Crippen LogP contribution in [0, 0.1) is 12.8 Å². The Morgan fingerprint density at radius 1 is 1.33 bits per heavy atom. The molecule has 2 aromatic heterocycles. The Kier molecular flexibility index (Phi) is 5.43. The molecule has 140 valence electrons. The molecule has 0 aliphatic carbocycles. The number of likely N-dealkylation sites (tertiary alicyclic amines) is 1. The van der Waals surface area contributed by atoms with Crippen molar-refractivity contribution in [2.24, 2.45) is 5.92 Å². The van der Waals surface area contributed by atoms with E-state index in [0.717, 1.165) is 27.4 Å². The van der Waals surface area contributed by atoms with Gasteiger partial charge in [0, 0.05) is 41.7 Å². The van der Waals surface area contributed by atoms with E-state index in [4.69, 9.17) is 0 Å². The van der Waals surface area contributed by atoms with Crippen molar-refractivity contribution in [1.29, 1.82) is 0 Å². The summed E-state index contributed by atoms with van der Waals surface area (Å²) in [6.07, 6.45) is 2.06. The van der Waals surface area contributed by atoms with E-state index in [1.807, 2.05) is 42.8 Å². The number of aliphatic hydroxyl groups is 1. The molecule has 2 atom stereocenters. The smallest absolute Gasteiger partial charge is 0.233 e. The largest absolute Gasteiger partial charge is 0.391 e. The molecule has 27 heavy (non-hydrogen) atoms. The molecule has 1 N–H and O–H groups in total. The van der Waals surface area contributed by atoms with Crippen molar-refractivity contribution in [3.8, 4) is 0 Å². The van der Waals surface area contributed by atoms with Crippen molar-refractivity contribution in [3.63, 3.8) is 0 Å². The second kappa shape index (κ2) is 7.96. The van der Waals surface area contributed by atoms with Crippen LogP contribution in [-0.4, -0.2) is 50.8 Å². The third-order valence-electron chi connectivity index (χ3n) is 4.90. The zero-order valence-electron chi connectivity index (χ0n) is 15.0. The molecule has 1 saturated heterocycles. The Morgan fingerprint density at radius 3 is 3.00 bits per heavy atom. The number of carbonyl (C=O) groups excluding carboxylic acids is 1. The molecule has 4 rings (SSSR count). The van der Waals surface area contributed by atoms with Crippen LogP contribution in [0.2, 0.25) is 0 Å². The first-order chi connectivity index (χ1) is 13.1. The van der Waals surface area contributed by atoms with E-state index in [9.17, 15) is 9.90 Å². The summed E-state index contributed by atoms with van der Waals surface area (Å²) in [5, 5.41) is 13.6. The van der Waals surface area contributed by atoms with Gasteiger partial charge in [-0.1, -0.05) is 30.0 Å². The highest BCUT2D eigenvalue weighted by Crippen LogP contribution is 2.27. The number of carbonyl (C=O) groups is 1. The summed E-state index contributed by atoms with van der Waals surface area (Å²) >= 11 is 3.03.